The van der Waals surface area contributed by atoms with Crippen LogP contribution in [0, 0.1) is 0 Å². The summed E-state index contributed by atoms with van der Waals surface area (Å²) in [4.78, 5) is 31.3. The van der Waals surface area contributed by atoms with E-state index in [9.17, 15) is 4.79 Å². The van der Waals surface area contributed by atoms with Gasteiger partial charge in [-0.05, 0) is 36.8 Å². The highest BCUT2D eigenvalue weighted by Gasteiger charge is 2.27. The van der Waals surface area contributed by atoms with Gasteiger partial charge in [-0.15, -0.1) is 0 Å². The van der Waals surface area contributed by atoms with Gasteiger partial charge in [0.1, 0.15) is 11.3 Å². The van der Waals surface area contributed by atoms with Gasteiger partial charge >= 0.3 is 0 Å². The van der Waals surface area contributed by atoms with Gasteiger partial charge in [0.25, 0.3) is 5.91 Å². The second kappa shape index (κ2) is 6.80. The first kappa shape index (κ1) is 16.5. The van der Waals surface area contributed by atoms with Crippen molar-refractivity contribution >= 4 is 17.5 Å². The van der Waals surface area contributed by atoms with Crippen molar-refractivity contribution in [3.05, 3.63) is 66.9 Å². The predicted octanol–water partition coefficient (Wildman–Crippen LogP) is 2.13. The SMILES string of the molecule is O=C(NC1CCN(c2nccc(-c3ccc[nH]3)n2)C1)c1cnc2ccccn12. The van der Waals surface area contributed by atoms with Gasteiger partial charge in [0.05, 0.1) is 17.6 Å². The number of pyridine rings is 1. The molecule has 0 aliphatic carbocycles. The number of H-pyrrole nitrogens is 1. The number of nitrogens with one attached hydrogen (secondary N) is 2. The van der Waals surface area contributed by atoms with Crippen LogP contribution in [0.25, 0.3) is 17.0 Å². The third-order valence-electron chi connectivity index (χ3n) is 4.97. The number of aromatic nitrogens is 5. The van der Waals surface area contributed by atoms with E-state index < -0.39 is 0 Å². The van der Waals surface area contributed by atoms with Gasteiger partial charge in [0, 0.05) is 37.7 Å². The summed E-state index contributed by atoms with van der Waals surface area (Å²) in [5.74, 6) is 0.560. The van der Waals surface area contributed by atoms with Crippen molar-refractivity contribution in [3.63, 3.8) is 0 Å². The van der Waals surface area contributed by atoms with Gasteiger partial charge in [-0.2, -0.15) is 0 Å². The molecule has 8 heteroatoms. The van der Waals surface area contributed by atoms with E-state index in [1.165, 1.54) is 0 Å². The Morgan fingerprint density at radius 2 is 2.14 bits per heavy atom. The number of fused-ring (bicyclic) bond motifs is 1. The molecule has 28 heavy (non-hydrogen) atoms. The zero-order chi connectivity index (χ0) is 18.9. The highest BCUT2D eigenvalue weighted by molar-refractivity contribution is 5.93. The van der Waals surface area contributed by atoms with Crippen LogP contribution in [0.2, 0.25) is 0 Å². The number of hydrogen-bond acceptors (Lipinski definition) is 5. The van der Waals surface area contributed by atoms with Crippen LogP contribution >= 0.6 is 0 Å². The molecular weight excluding hydrogens is 354 g/mol. The highest BCUT2D eigenvalue weighted by atomic mass is 16.2. The first-order valence-corrected chi connectivity index (χ1v) is 9.22. The lowest BCUT2D eigenvalue weighted by atomic mass is 10.2. The summed E-state index contributed by atoms with van der Waals surface area (Å²) in [5, 5.41) is 3.11. The van der Waals surface area contributed by atoms with Gasteiger partial charge < -0.3 is 15.2 Å². The molecule has 2 N–H and O–H groups in total. The molecule has 5 rings (SSSR count). The Labute approximate surface area is 161 Å². The van der Waals surface area contributed by atoms with E-state index in [-0.39, 0.29) is 11.9 Å². The van der Waals surface area contributed by atoms with Crippen molar-refractivity contribution in [1.29, 1.82) is 0 Å². The van der Waals surface area contributed by atoms with Crippen LogP contribution in [-0.2, 0) is 0 Å². The molecular formula is C20H19N7O. The summed E-state index contributed by atoms with van der Waals surface area (Å²) in [7, 11) is 0. The Morgan fingerprint density at radius 3 is 3.04 bits per heavy atom. The largest absolute Gasteiger partial charge is 0.360 e. The van der Waals surface area contributed by atoms with Gasteiger partial charge in [0.15, 0.2) is 0 Å². The van der Waals surface area contributed by atoms with Gasteiger partial charge in [0.2, 0.25) is 5.95 Å². The van der Waals surface area contributed by atoms with Crippen LogP contribution < -0.4 is 10.2 Å². The fourth-order valence-corrected chi connectivity index (χ4v) is 3.56. The highest BCUT2D eigenvalue weighted by Crippen LogP contribution is 2.20. The molecule has 1 aliphatic heterocycles. The predicted molar refractivity (Wildman–Crippen MR) is 105 cm³/mol. The van der Waals surface area contributed by atoms with E-state index in [0.29, 0.717) is 18.2 Å². The molecule has 8 nitrogen and oxygen atoms in total. The molecule has 1 atom stereocenters. The minimum Gasteiger partial charge on any atom is -0.360 e. The van der Waals surface area contributed by atoms with Crippen LogP contribution in [-0.4, -0.2) is 49.4 Å². The summed E-state index contributed by atoms with van der Waals surface area (Å²) < 4.78 is 1.80. The number of carbonyl (C=O) groups excluding carboxylic acids is 1. The maximum atomic E-state index is 12.7. The van der Waals surface area contributed by atoms with E-state index in [1.54, 1.807) is 16.8 Å². The summed E-state index contributed by atoms with van der Waals surface area (Å²) in [6.45, 7) is 1.48. The molecule has 0 radical (unpaired) electrons. The lowest BCUT2D eigenvalue weighted by molar-refractivity contribution is 0.0934. The molecule has 1 fully saturated rings. The Bertz CT molecular complexity index is 1120. The van der Waals surface area contributed by atoms with Crippen LogP contribution in [0.3, 0.4) is 0 Å². The third kappa shape index (κ3) is 2.98. The van der Waals surface area contributed by atoms with Crippen molar-refractivity contribution in [1.82, 2.24) is 29.7 Å². The summed E-state index contributed by atoms with van der Waals surface area (Å²) in [6, 6.07) is 11.5. The van der Waals surface area contributed by atoms with Gasteiger partial charge in [-0.3, -0.25) is 9.20 Å². The zero-order valence-electron chi connectivity index (χ0n) is 15.1. The standard InChI is InChI=1S/C20H19N7O/c28-19(17-12-23-18-5-1-2-10-27(17)18)24-14-7-11-26(13-14)20-22-9-6-16(25-20)15-4-3-8-21-15/h1-6,8-10,12,14,21H,7,11,13H2,(H,24,28). The topological polar surface area (TPSA) is 91.2 Å². The average molecular weight is 373 g/mol. The molecule has 1 amide bonds. The smallest absolute Gasteiger partial charge is 0.270 e. The Balaban J connectivity index is 1.29. The molecule has 140 valence electrons. The van der Waals surface area contributed by atoms with Crippen molar-refractivity contribution in [2.75, 3.05) is 18.0 Å². The molecule has 0 aromatic carbocycles. The molecule has 1 saturated heterocycles. The minimum atomic E-state index is -0.119. The quantitative estimate of drug-likeness (QED) is 0.572. The Kier molecular flexibility index (Phi) is 4.01. The zero-order valence-corrected chi connectivity index (χ0v) is 15.1. The maximum Gasteiger partial charge on any atom is 0.270 e. The normalized spacial score (nSPS) is 16.6. The van der Waals surface area contributed by atoms with E-state index in [0.717, 1.165) is 30.0 Å². The fourth-order valence-electron chi connectivity index (χ4n) is 3.56. The fraction of sp³-hybridized carbons (Fsp3) is 0.200. The van der Waals surface area contributed by atoms with Crippen molar-refractivity contribution in [2.45, 2.75) is 12.5 Å². The van der Waals surface area contributed by atoms with E-state index in [1.807, 2.05) is 48.8 Å². The van der Waals surface area contributed by atoms with Crippen molar-refractivity contribution in [3.8, 4) is 11.4 Å². The molecule has 0 spiro atoms. The van der Waals surface area contributed by atoms with E-state index >= 15 is 0 Å². The number of nitrogens with zero attached hydrogens (tertiary/aromatic N) is 5. The molecule has 4 aromatic heterocycles. The number of amides is 1. The van der Waals surface area contributed by atoms with E-state index in [4.69, 9.17) is 0 Å². The number of anilines is 1. The number of aromatic amines is 1. The molecule has 0 saturated carbocycles. The maximum absolute atomic E-state index is 12.7. The molecule has 4 aromatic rings. The monoisotopic (exact) mass is 373 g/mol. The summed E-state index contributed by atoms with van der Waals surface area (Å²) >= 11 is 0. The molecule has 1 aliphatic rings. The summed E-state index contributed by atoms with van der Waals surface area (Å²) in [5.41, 5.74) is 3.11. The van der Waals surface area contributed by atoms with Crippen molar-refractivity contribution in [2.24, 2.45) is 0 Å². The first-order valence-electron chi connectivity index (χ1n) is 9.22. The third-order valence-corrected chi connectivity index (χ3v) is 4.97. The number of rotatable bonds is 4. The lowest BCUT2D eigenvalue weighted by Gasteiger charge is -2.17. The number of carbonyl (C=O) groups is 1. The van der Waals surface area contributed by atoms with Crippen LogP contribution in [0.5, 0.6) is 0 Å². The number of imidazole rings is 1. The second-order valence-corrected chi connectivity index (χ2v) is 6.80. The first-order chi connectivity index (χ1) is 13.8. The van der Waals surface area contributed by atoms with Gasteiger partial charge in [-0.25, -0.2) is 15.0 Å². The van der Waals surface area contributed by atoms with Gasteiger partial charge in [-0.1, -0.05) is 6.07 Å². The lowest BCUT2D eigenvalue weighted by Crippen LogP contribution is -2.37. The van der Waals surface area contributed by atoms with E-state index in [2.05, 4.69) is 30.2 Å². The Hall–Kier alpha value is -3.68. The van der Waals surface area contributed by atoms with Crippen LogP contribution in [0.4, 0.5) is 5.95 Å². The molecule has 1 unspecified atom stereocenters. The summed E-state index contributed by atoms with van der Waals surface area (Å²) in [6.07, 6.45) is 7.94. The number of hydrogen-bond donors (Lipinski definition) is 2. The average Bonchev–Trinajstić information content (AvgIpc) is 3.48. The molecule has 5 heterocycles. The minimum absolute atomic E-state index is 0.0412. The second-order valence-electron chi connectivity index (χ2n) is 6.80. The van der Waals surface area contributed by atoms with Crippen LogP contribution in [0.1, 0.15) is 16.9 Å². The van der Waals surface area contributed by atoms with Crippen molar-refractivity contribution < 1.29 is 4.79 Å². The Morgan fingerprint density at radius 1 is 1.18 bits per heavy atom. The molecule has 0 bridgehead atoms. The van der Waals surface area contributed by atoms with Crippen LogP contribution in [0.15, 0.2) is 61.2 Å².